The highest BCUT2D eigenvalue weighted by atomic mass is 35.5. The predicted molar refractivity (Wildman–Crippen MR) is 137 cm³/mol. The van der Waals surface area contributed by atoms with Crippen LogP contribution in [0.3, 0.4) is 0 Å². The van der Waals surface area contributed by atoms with Crippen molar-refractivity contribution < 1.29 is 14.3 Å². The molecule has 2 N–H and O–H groups in total. The smallest absolute Gasteiger partial charge is 0.350 e. The lowest BCUT2D eigenvalue weighted by molar-refractivity contribution is 0.0531. The highest BCUT2D eigenvalue weighted by Crippen LogP contribution is 2.24. The number of nitrogens with zero attached hydrogens (tertiary/aromatic N) is 5. The van der Waals surface area contributed by atoms with Crippen molar-refractivity contribution in [3.63, 3.8) is 0 Å². The number of methoxy groups -OCH3 is 1. The number of hydrogen-bond acceptors (Lipinski definition) is 8. The van der Waals surface area contributed by atoms with Crippen molar-refractivity contribution in [2.24, 2.45) is 15.7 Å². The lowest BCUT2D eigenvalue weighted by Gasteiger charge is -2.08. The van der Waals surface area contributed by atoms with Crippen molar-refractivity contribution in [3.05, 3.63) is 68.6 Å². The number of nitrogens with two attached hydrogens (primary N) is 1. The number of ether oxygens (including phenoxy) is 2. The zero-order valence-corrected chi connectivity index (χ0v) is 21.1. The van der Waals surface area contributed by atoms with E-state index in [0.29, 0.717) is 37.3 Å². The van der Waals surface area contributed by atoms with Gasteiger partial charge in [-0.25, -0.2) is 19.8 Å². The molecule has 0 unspecified atom stereocenters. The molecule has 2 heterocycles. The molecule has 35 heavy (non-hydrogen) atoms. The fourth-order valence-electron chi connectivity index (χ4n) is 3.39. The molecule has 0 fully saturated rings. The number of aromatic nitrogens is 3. The van der Waals surface area contributed by atoms with Gasteiger partial charge in [-0.1, -0.05) is 22.9 Å². The first-order valence-corrected chi connectivity index (χ1v) is 11.9. The molecule has 0 saturated heterocycles. The number of carbonyl (C=O) groups excluding carboxylic acids is 1. The molecule has 9 nitrogen and oxygen atoms in total. The lowest BCUT2D eigenvalue weighted by atomic mass is 10.2. The molecule has 4 aromatic rings. The maximum atomic E-state index is 12.6. The van der Waals surface area contributed by atoms with Crippen molar-refractivity contribution in [3.8, 4) is 5.75 Å². The molecule has 0 aliphatic carbocycles. The van der Waals surface area contributed by atoms with Gasteiger partial charge in [-0.3, -0.25) is 4.57 Å². The summed E-state index contributed by atoms with van der Waals surface area (Å²) in [7, 11) is 1.61. The summed E-state index contributed by atoms with van der Waals surface area (Å²) in [5.74, 6) is 0.505. The van der Waals surface area contributed by atoms with Crippen LogP contribution in [-0.2, 0) is 4.74 Å². The predicted octanol–water partition coefficient (Wildman–Crippen LogP) is 4.68. The Hall–Kier alpha value is -3.76. The average molecular weight is 511 g/mol. The van der Waals surface area contributed by atoms with Gasteiger partial charge >= 0.3 is 5.97 Å². The quantitative estimate of drug-likeness (QED) is 0.237. The van der Waals surface area contributed by atoms with E-state index in [1.807, 2.05) is 25.1 Å². The van der Waals surface area contributed by atoms with Gasteiger partial charge in [0.25, 0.3) is 5.95 Å². The zero-order chi connectivity index (χ0) is 25.1. The van der Waals surface area contributed by atoms with E-state index in [-0.39, 0.29) is 18.5 Å². The summed E-state index contributed by atoms with van der Waals surface area (Å²) in [6, 6.07) is 12.5. The number of thiazole rings is 1. The molecule has 180 valence electrons. The average Bonchev–Trinajstić information content (AvgIpc) is 3.16. The first kappa shape index (κ1) is 24.4. The Bertz CT molecular complexity index is 1510. The molecular formula is C24H23ClN6O3S. The van der Waals surface area contributed by atoms with Gasteiger partial charge in [0, 0.05) is 10.4 Å². The van der Waals surface area contributed by atoms with Crippen molar-refractivity contribution in [1.29, 1.82) is 0 Å². The number of fused-ring (bicyclic) bond motifs is 1. The largest absolute Gasteiger partial charge is 0.497 e. The van der Waals surface area contributed by atoms with Crippen LogP contribution in [0.15, 0.2) is 52.4 Å². The van der Waals surface area contributed by atoms with E-state index in [1.165, 1.54) is 0 Å². The Labute approximate surface area is 210 Å². The van der Waals surface area contributed by atoms with Crippen LogP contribution < -0.4 is 15.3 Å². The lowest BCUT2D eigenvalue weighted by Crippen LogP contribution is -2.31. The molecule has 0 radical (unpaired) electrons. The summed E-state index contributed by atoms with van der Waals surface area (Å²) in [5.41, 5.74) is 9.04. The number of benzene rings is 2. The van der Waals surface area contributed by atoms with Gasteiger partial charge in [-0.05, 0) is 63.2 Å². The molecule has 4 rings (SSSR count). The van der Waals surface area contributed by atoms with E-state index >= 15 is 0 Å². The van der Waals surface area contributed by atoms with Crippen molar-refractivity contribution in [2.75, 3.05) is 13.7 Å². The highest BCUT2D eigenvalue weighted by Gasteiger charge is 2.20. The first-order valence-electron chi connectivity index (χ1n) is 10.7. The summed E-state index contributed by atoms with van der Waals surface area (Å²) in [6.07, 6.45) is 0. The molecular weight excluding hydrogens is 488 g/mol. The topological polar surface area (TPSA) is 117 Å². The van der Waals surface area contributed by atoms with Gasteiger partial charge < -0.3 is 15.2 Å². The fourth-order valence-corrected chi connectivity index (χ4v) is 4.55. The summed E-state index contributed by atoms with van der Waals surface area (Å²) in [5, 5.41) is 1.44. The highest BCUT2D eigenvalue weighted by molar-refractivity contribution is 7.11. The SMILES string of the molecule is CCOC(=O)c1sc(=Nc2ccc(Cl)cc2)n(C(N)=Nc2nc(C)c3cc(OC)ccc3n2)c1C. The molecule has 0 bridgehead atoms. The van der Waals surface area contributed by atoms with Gasteiger partial charge in [-0.15, -0.1) is 0 Å². The van der Waals surface area contributed by atoms with Crippen molar-refractivity contribution in [1.82, 2.24) is 14.5 Å². The normalized spacial score (nSPS) is 12.3. The van der Waals surface area contributed by atoms with Gasteiger partial charge in [0.15, 0.2) is 4.80 Å². The van der Waals surface area contributed by atoms with E-state index < -0.39 is 5.97 Å². The molecule has 2 aromatic heterocycles. The third-order valence-corrected chi connectivity index (χ3v) is 6.46. The Morgan fingerprint density at radius 2 is 1.91 bits per heavy atom. The van der Waals surface area contributed by atoms with Crippen molar-refractivity contribution >= 4 is 57.4 Å². The minimum absolute atomic E-state index is 0.0641. The van der Waals surface area contributed by atoms with Crippen LogP contribution in [0.25, 0.3) is 10.9 Å². The number of hydrogen-bond donors (Lipinski definition) is 1. The van der Waals surface area contributed by atoms with E-state index in [4.69, 9.17) is 26.8 Å². The van der Waals surface area contributed by atoms with Crippen LogP contribution in [0.4, 0.5) is 11.6 Å². The third-order valence-electron chi connectivity index (χ3n) is 5.09. The van der Waals surface area contributed by atoms with E-state index in [0.717, 1.165) is 22.4 Å². The first-order chi connectivity index (χ1) is 16.8. The maximum absolute atomic E-state index is 12.6. The number of aryl methyl sites for hydroxylation is 1. The van der Waals surface area contributed by atoms with Crippen LogP contribution >= 0.6 is 22.9 Å². The van der Waals surface area contributed by atoms with Crippen LogP contribution in [-0.4, -0.2) is 40.2 Å². The minimum atomic E-state index is -0.458. The molecule has 0 amide bonds. The fraction of sp³-hybridized carbons (Fsp3) is 0.208. The van der Waals surface area contributed by atoms with Crippen LogP contribution in [0, 0.1) is 13.8 Å². The van der Waals surface area contributed by atoms with Crippen LogP contribution in [0.1, 0.15) is 28.0 Å². The Morgan fingerprint density at radius 1 is 1.17 bits per heavy atom. The number of rotatable bonds is 5. The molecule has 0 saturated carbocycles. The zero-order valence-electron chi connectivity index (χ0n) is 19.6. The molecule has 0 aliphatic heterocycles. The maximum Gasteiger partial charge on any atom is 0.350 e. The Kier molecular flexibility index (Phi) is 7.13. The standard InChI is InChI=1S/C24H23ClN6O3S/c1-5-34-21(32)20-14(3)31(24(35-20)28-16-8-6-15(25)7-9-16)22(26)30-23-27-13(2)18-12-17(33-4)10-11-19(18)29-23/h6-12H,5H2,1-4H3,(H2,26,27,29,30). The molecule has 11 heteroatoms. The van der Waals surface area contributed by atoms with Crippen LogP contribution in [0.2, 0.25) is 5.02 Å². The monoisotopic (exact) mass is 510 g/mol. The second-order valence-electron chi connectivity index (χ2n) is 7.41. The number of halogens is 1. The van der Waals surface area contributed by atoms with E-state index in [9.17, 15) is 4.79 Å². The molecule has 0 spiro atoms. The van der Waals surface area contributed by atoms with Crippen LogP contribution in [0.5, 0.6) is 5.75 Å². The number of carbonyl (C=O) groups is 1. The molecule has 0 aliphatic rings. The van der Waals surface area contributed by atoms with Gasteiger partial charge in [0.05, 0.1) is 36.3 Å². The molecule has 2 aromatic carbocycles. The Morgan fingerprint density at radius 3 is 2.60 bits per heavy atom. The molecule has 0 atom stereocenters. The second-order valence-corrected chi connectivity index (χ2v) is 8.82. The summed E-state index contributed by atoms with van der Waals surface area (Å²) in [4.78, 5) is 31.5. The minimum Gasteiger partial charge on any atom is -0.497 e. The summed E-state index contributed by atoms with van der Waals surface area (Å²) >= 11 is 7.15. The van der Waals surface area contributed by atoms with Crippen molar-refractivity contribution in [2.45, 2.75) is 20.8 Å². The van der Waals surface area contributed by atoms with Gasteiger partial charge in [-0.2, -0.15) is 4.99 Å². The van der Waals surface area contributed by atoms with Gasteiger partial charge in [0.1, 0.15) is 10.6 Å². The summed E-state index contributed by atoms with van der Waals surface area (Å²) in [6.45, 7) is 5.61. The van der Waals surface area contributed by atoms with E-state index in [1.54, 1.807) is 49.8 Å². The van der Waals surface area contributed by atoms with Gasteiger partial charge in [0.2, 0.25) is 5.96 Å². The number of aliphatic imine (C=N–C) groups is 1. The van der Waals surface area contributed by atoms with E-state index in [2.05, 4.69) is 20.0 Å². The third kappa shape index (κ3) is 5.18. The number of esters is 1. The Balaban J connectivity index is 1.86. The summed E-state index contributed by atoms with van der Waals surface area (Å²) < 4.78 is 12.1. The second kappa shape index (κ2) is 10.2.